The Balaban J connectivity index is 1.54. The van der Waals surface area contributed by atoms with E-state index in [1.165, 1.54) is 11.3 Å². The van der Waals surface area contributed by atoms with Crippen LogP contribution in [-0.4, -0.2) is 27.8 Å². The number of aromatic amines is 1. The Bertz CT molecular complexity index is 1160. The number of H-pyrrole nitrogens is 1. The molecule has 1 atom stereocenters. The normalized spacial score (nSPS) is 12.2. The maximum atomic E-state index is 13.0. The van der Waals surface area contributed by atoms with Crippen molar-refractivity contribution < 1.29 is 14.0 Å². The number of hydrogen-bond acceptors (Lipinski definition) is 5. The van der Waals surface area contributed by atoms with E-state index in [0.717, 1.165) is 16.5 Å². The monoisotopic (exact) mass is 422 g/mol. The van der Waals surface area contributed by atoms with Crippen molar-refractivity contribution in [2.45, 2.75) is 26.3 Å². The summed E-state index contributed by atoms with van der Waals surface area (Å²) in [5.41, 5.74) is 2.61. The fourth-order valence-electron chi connectivity index (χ4n) is 3.13. The lowest BCUT2D eigenvalue weighted by atomic mass is 10.0. The van der Waals surface area contributed by atoms with E-state index >= 15 is 0 Å². The van der Waals surface area contributed by atoms with Crippen molar-refractivity contribution in [3.63, 3.8) is 0 Å². The van der Waals surface area contributed by atoms with Gasteiger partial charge in [0.1, 0.15) is 11.7 Å². The number of nitrogens with zero attached hydrogens (tertiary/aromatic N) is 1. The van der Waals surface area contributed by atoms with E-state index in [-0.39, 0.29) is 17.7 Å². The van der Waals surface area contributed by atoms with Crippen molar-refractivity contribution >= 4 is 39.2 Å². The molecule has 4 rings (SSSR count). The minimum Gasteiger partial charge on any atom is -0.463 e. The van der Waals surface area contributed by atoms with Crippen molar-refractivity contribution in [1.29, 1.82) is 0 Å². The molecular weight excluding hydrogens is 400 g/mol. The van der Waals surface area contributed by atoms with Gasteiger partial charge in [-0.3, -0.25) is 9.59 Å². The Morgan fingerprint density at radius 1 is 1.17 bits per heavy atom. The summed E-state index contributed by atoms with van der Waals surface area (Å²) in [7, 11) is 0. The number of carbonyl (C=O) groups excluding carboxylic acids is 2. The Morgan fingerprint density at radius 3 is 2.77 bits per heavy atom. The zero-order chi connectivity index (χ0) is 21.1. The van der Waals surface area contributed by atoms with E-state index in [1.807, 2.05) is 41.9 Å². The predicted molar refractivity (Wildman–Crippen MR) is 117 cm³/mol. The molecule has 0 aliphatic rings. The summed E-state index contributed by atoms with van der Waals surface area (Å²) in [6.07, 6.45) is 3.82. The van der Waals surface area contributed by atoms with Gasteiger partial charge in [-0.1, -0.05) is 32.0 Å². The average Bonchev–Trinajstić information content (AvgIpc) is 3.48. The molecule has 0 aliphatic carbocycles. The highest BCUT2D eigenvalue weighted by Crippen LogP contribution is 2.25. The quantitative estimate of drug-likeness (QED) is 0.415. The molecule has 154 valence electrons. The van der Waals surface area contributed by atoms with Crippen LogP contribution < -0.4 is 10.6 Å². The van der Waals surface area contributed by atoms with Gasteiger partial charge in [-0.2, -0.15) is 0 Å². The van der Waals surface area contributed by atoms with Gasteiger partial charge in [0.2, 0.25) is 11.8 Å². The van der Waals surface area contributed by atoms with Crippen LogP contribution in [0.3, 0.4) is 0 Å². The highest BCUT2D eigenvalue weighted by atomic mass is 32.1. The van der Waals surface area contributed by atoms with E-state index in [0.29, 0.717) is 23.0 Å². The van der Waals surface area contributed by atoms with Crippen LogP contribution in [0.5, 0.6) is 0 Å². The third-order valence-corrected chi connectivity index (χ3v) is 5.52. The van der Waals surface area contributed by atoms with Gasteiger partial charge in [0.15, 0.2) is 10.9 Å². The second-order valence-corrected chi connectivity index (χ2v) is 8.14. The highest BCUT2D eigenvalue weighted by Gasteiger charge is 2.24. The molecule has 0 spiro atoms. The number of rotatable bonds is 7. The van der Waals surface area contributed by atoms with Crippen LogP contribution in [0.4, 0.5) is 5.13 Å². The minimum absolute atomic E-state index is 0.176. The third-order valence-electron chi connectivity index (χ3n) is 4.76. The number of thiazole rings is 1. The van der Waals surface area contributed by atoms with Gasteiger partial charge in [-0.25, -0.2) is 4.98 Å². The fourth-order valence-corrected chi connectivity index (χ4v) is 3.83. The molecule has 0 fully saturated rings. The average molecular weight is 423 g/mol. The van der Waals surface area contributed by atoms with Crippen LogP contribution in [-0.2, 0) is 16.0 Å². The summed E-state index contributed by atoms with van der Waals surface area (Å²) in [5, 5.41) is 9.00. The number of carbonyl (C=O) groups is 2. The van der Waals surface area contributed by atoms with Gasteiger partial charge in [0, 0.05) is 34.8 Å². The van der Waals surface area contributed by atoms with E-state index in [1.54, 1.807) is 26.2 Å². The molecule has 7 nitrogen and oxygen atoms in total. The van der Waals surface area contributed by atoms with Gasteiger partial charge < -0.3 is 20.0 Å². The first-order valence-corrected chi connectivity index (χ1v) is 10.5. The van der Waals surface area contributed by atoms with Crippen LogP contribution in [0.1, 0.15) is 19.4 Å². The summed E-state index contributed by atoms with van der Waals surface area (Å²) in [6.45, 7) is 3.60. The summed E-state index contributed by atoms with van der Waals surface area (Å²) in [5.74, 6) is -0.0797. The number of amides is 2. The number of aromatic nitrogens is 2. The molecule has 0 saturated heterocycles. The van der Waals surface area contributed by atoms with Gasteiger partial charge in [-0.15, -0.1) is 11.3 Å². The zero-order valence-electron chi connectivity index (χ0n) is 16.6. The number of hydrogen-bond donors (Lipinski definition) is 3. The molecule has 3 aromatic heterocycles. The number of para-hydroxylation sites is 1. The number of fused-ring (bicyclic) bond motifs is 1. The lowest BCUT2D eigenvalue weighted by Gasteiger charge is -2.19. The SMILES string of the molecule is CC(C)C(=O)NC(Cc1c[nH]c2ccccc12)C(=O)Nc1nc(-c2ccco2)cs1. The Kier molecular flexibility index (Phi) is 5.67. The Morgan fingerprint density at radius 2 is 2.00 bits per heavy atom. The molecule has 3 N–H and O–H groups in total. The largest absolute Gasteiger partial charge is 0.463 e. The molecule has 2 amide bonds. The first-order chi connectivity index (χ1) is 14.5. The lowest BCUT2D eigenvalue weighted by molar-refractivity contribution is -0.128. The fraction of sp³-hybridized carbons (Fsp3) is 0.227. The van der Waals surface area contributed by atoms with E-state index < -0.39 is 6.04 Å². The topological polar surface area (TPSA) is 100 Å². The standard InChI is InChI=1S/C22H22N4O3S/c1-13(2)20(27)24-17(10-14-11-23-16-7-4-3-6-15(14)16)21(28)26-22-25-18(12-30-22)19-8-5-9-29-19/h3-9,11-13,17,23H,10H2,1-2H3,(H,24,27)(H,25,26,28). The smallest absolute Gasteiger partial charge is 0.249 e. The van der Waals surface area contributed by atoms with Crippen LogP contribution in [0.25, 0.3) is 22.4 Å². The van der Waals surface area contributed by atoms with Gasteiger partial charge in [-0.05, 0) is 23.8 Å². The molecule has 0 aliphatic heterocycles. The molecule has 1 unspecified atom stereocenters. The highest BCUT2D eigenvalue weighted by molar-refractivity contribution is 7.14. The van der Waals surface area contributed by atoms with Crippen molar-refractivity contribution in [1.82, 2.24) is 15.3 Å². The number of anilines is 1. The molecule has 1 aromatic carbocycles. The number of benzene rings is 1. The first kappa shape index (κ1) is 19.9. The van der Waals surface area contributed by atoms with Crippen LogP contribution in [0.15, 0.2) is 58.7 Å². The van der Waals surface area contributed by atoms with Crippen LogP contribution in [0, 0.1) is 5.92 Å². The number of nitrogens with one attached hydrogen (secondary N) is 3. The molecule has 0 bridgehead atoms. The van der Waals surface area contributed by atoms with Crippen LogP contribution >= 0.6 is 11.3 Å². The second kappa shape index (κ2) is 8.54. The van der Waals surface area contributed by atoms with Crippen molar-refractivity contribution in [3.05, 3.63) is 59.8 Å². The van der Waals surface area contributed by atoms with Gasteiger partial charge in [0.25, 0.3) is 0 Å². The molecule has 0 radical (unpaired) electrons. The maximum absolute atomic E-state index is 13.0. The van der Waals surface area contributed by atoms with E-state index in [9.17, 15) is 9.59 Å². The van der Waals surface area contributed by atoms with E-state index in [4.69, 9.17) is 4.42 Å². The zero-order valence-corrected chi connectivity index (χ0v) is 17.5. The third kappa shape index (κ3) is 4.28. The summed E-state index contributed by atoms with van der Waals surface area (Å²) < 4.78 is 5.35. The summed E-state index contributed by atoms with van der Waals surface area (Å²) in [6, 6.07) is 10.7. The summed E-state index contributed by atoms with van der Waals surface area (Å²) >= 11 is 1.31. The lowest BCUT2D eigenvalue weighted by Crippen LogP contribution is -2.46. The van der Waals surface area contributed by atoms with Crippen molar-refractivity contribution in [2.24, 2.45) is 5.92 Å². The Labute approximate surface area is 177 Å². The minimum atomic E-state index is -0.727. The van der Waals surface area contributed by atoms with Crippen molar-refractivity contribution in [3.8, 4) is 11.5 Å². The second-order valence-electron chi connectivity index (χ2n) is 7.28. The molecular formula is C22H22N4O3S. The molecule has 8 heteroatoms. The molecule has 3 heterocycles. The molecule has 4 aromatic rings. The van der Waals surface area contributed by atoms with Gasteiger partial charge in [0.05, 0.1) is 6.26 Å². The maximum Gasteiger partial charge on any atom is 0.249 e. The van der Waals surface area contributed by atoms with Crippen LogP contribution in [0.2, 0.25) is 0 Å². The van der Waals surface area contributed by atoms with Crippen molar-refractivity contribution in [2.75, 3.05) is 5.32 Å². The summed E-state index contributed by atoms with van der Waals surface area (Å²) in [4.78, 5) is 33.0. The molecule has 0 saturated carbocycles. The van der Waals surface area contributed by atoms with Gasteiger partial charge >= 0.3 is 0 Å². The Hall–Kier alpha value is -3.39. The predicted octanol–water partition coefficient (Wildman–Crippen LogP) is 4.21. The first-order valence-electron chi connectivity index (χ1n) is 9.67. The van der Waals surface area contributed by atoms with E-state index in [2.05, 4.69) is 20.6 Å². The molecule has 30 heavy (non-hydrogen) atoms. The number of furan rings is 1.